The normalized spacial score (nSPS) is 23.4. The number of nitrogens with one attached hydrogen (secondary N) is 1. The minimum Gasteiger partial charge on any atom is -0.313 e. The van der Waals surface area contributed by atoms with Crippen molar-refractivity contribution in [3.8, 4) is 0 Å². The van der Waals surface area contributed by atoms with Crippen molar-refractivity contribution < 1.29 is 0 Å². The number of likely N-dealkylation sites (N-methyl/N-ethyl adjacent to an activating group) is 1. The van der Waals surface area contributed by atoms with Gasteiger partial charge in [0, 0.05) is 51.9 Å². The Morgan fingerprint density at radius 1 is 1.00 bits per heavy atom. The van der Waals surface area contributed by atoms with Crippen LogP contribution >= 0.6 is 0 Å². The molecule has 2 fully saturated rings. The third-order valence-electron chi connectivity index (χ3n) is 4.80. The standard InChI is InChI=1S/C17H34N4/c1-16(2)4-8-20-9-5-17(6-10-20)18-7-11-21-14-12-19(3)13-15-21/h4,17-18H,5-15H2,1-3H3. The highest BCUT2D eigenvalue weighted by Crippen LogP contribution is 2.10. The van der Waals surface area contributed by atoms with Crippen molar-refractivity contribution in [2.24, 2.45) is 0 Å². The number of hydrogen-bond acceptors (Lipinski definition) is 4. The number of piperazine rings is 1. The Morgan fingerprint density at radius 2 is 1.67 bits per heavy atom. The minimum absolute atomic E-state index is 0.736. The average Bonchev–Trinajstić information content (AvgIpc) is 2.48. The third-order valence-corrected chi connectivity index (χ3v) is 4.80. The van der Waals surface area contributed by atoms with Crippen molar-refractivity contribution in [2.75, 3.05) is 66.0 Å². The molecule has 2 heterocycles. The van der Waals surface area contributed by atoms with E-state index in [0.717, 1.165) is 19.1 Å². The van der Waals surface area contributed by atoms with Crippen LogP contribution in [0.3, 0.4) is 0 Å². The van der Waals surface area contributed by atoms with Crippen LogP contribution in [-0.2, 0) is 0 Å². The molecule has 0 spiro atoms. The van der Waals surface area contributed by atoms with Gasteiger partial charge in [-0.1, -0.05) is 11.6 Å². The number of likely N-dealkylation sites (tertiary alicyclic amines) is 1. The highest BCUT2D eigenvalue weighted by Gasteiger charge is 2.18. The molecule has 4 nitrogen and oxygen atoms in total. The Balaban J connectivity index is 1.54. The van der Waals surface area contributed by atoms with Crippen LogP contribution in [0.5, 0.6) is 0 Å². The zero-order chi connectivity index (χ0) is 15.1. The number of hydrogen-bond donors (Lipinski definition) is 1. The van der Waals surface area contributed by atoms with Gasteiger partial charge < -0.3 is 10.2 Å². The largest absolute Gasteiger partial charge is 0.313 e. The molecule has 0 radical (unpaired) electrons. The Labute approximate surface area is 131 Å². The maximum atomic E-state index is 3.77. The first-order chi connectivity index (χ1) is 10.1. The van der Waals surface area contributed by atoms with E-state index >= 15 is 0 Å². The number of nitrogens with zero attached hydrogens (tertiary/aromatic N) is 3. The van der Waals surface area contributed by atoms with E-state index in [2.05, 4.69) is 47.0 Å². The topological polar surface area (TPSA) is 21.8 Å². The molecular weight excluding hydrogens is 260 g/mol. The van der Waals surface area contributed by atoms with Gasteiger partial charge >= 0.3 is 0 Å². The quantitative estimate of drug-likeness (QED) is 0.744. The SMILES string of the molecule is CC(C)=CCN1CCC(NCCN2CCN(C)CC2)CC1. The number of allylic oxidation sites excluding steroid dienone is 1. The van der Waals surface area contributed by atoms with Crippen LogP contribution in [0.2, 0.25) is 0 Å². The fourth-order valence-corrected chi connectivity index (χ4v) is 3.13. The highest BCUT2D eigenvalue weighted by atomic mass is 15.2. The van der Waals surface area contributed by atoms with E-state index in [4.69, 9.17) is 0 Å². The molecule has 1 N–H and O–H groups in total. The lowest BCUT2D eigenvalue weighted by Crippen LogP contribution is -2.48. The molecule has 0 aromatic carbocycles. The van der Waals surface area contributed by atoms with Crippen molar-refractivity contribution in [1.82, 2.24) is 20.0 Å². The van der Waals surface area contributed by atoms with Gasteiger partial charge in [-0.3, -0.25) is 9.80 Å². The first-order valence-corrected chi connectivity index (χ1v) is 8.63. The monoisotopic (exact) mass is 294 g/mol. The summed E-state index contributed by atoms with van der Waals surface area (Å²) in [5.41, 5.74) is 1.43. The molecule has 0 unspecified atom stereocenters. The highest BCUT2D eigenvalue weighted by molar-refractivity contribution is 4.95. The van der Waals surface area contributed by atoms with Crippen molar-refractivity contribution >= 4 is 0 Å². The first-order valence-electron chi connectivity index (χ1n) is 8.63. The van der Waals surface area contributed by atoms with Crippen LogP contribution in [0.15, 0.2) is 11.6 Å². The second-order valence-electron chi connectivity index (χ2n) is 6.96. The maximum absolute atomic E-state index is 3.77. The molecule has 0 saturated carbocycles. The zero-order valence-electron chi connectivity index (χ0n) is 14.3. The van der Waals surface area contributed by atoms with Gasteiger partial charge in [-0.05, 0) is 46.8 Å². The molecule has 4 heteroatoms. The van der Waals surface area contributed by atoms with Gasteiger partial charge in [-0.25, -0.2) is 0 Å². The summed E-state index contributed by atoms with van der Waals surface area (Å²) in [7, 11) is 2.22. The van der Waals surface area contributed by atoms with Crippen molar-refractivity contribution in [3.05, 3.63) is 11.6 Å². The summed E-state index contributed by atoms with van der Waals surface area (Å²) in [4.78, 5) is 7.59. The van der Waals surface area contributed by atoms with E-state index < -0.39 is 0 Å². The zero-order valence-corrected chi connectivity index (χ0v) is 14.3. The molecule has 0 bridgehead atoms. The number of rotatable bonds is 6. The molecule has 0 aliphatic carbocycles. The summed E-state index contributed by atoms with van der Waals surface area (Å²) in [6, 6.07) is 0.736. The summed E-state index contributed by atoms with van der Waals surface area (Å²) in [5, 5.41) is 3.77. The fourth-order valence-electron chi connectivity index (χ4n) is 3.13. The van der Waals surface area contributed by atoms with Gasteiger partial charge in [0.25, 0.3) is 0 Å². The van der Waals surface area contributed by atoms with Gasteiger partial charge in [0.15, 0.2) is 0 Å². The van der Waals surface area contributed by atoms with Crippen molar-refractivity contribution in [3.63, 3.8) is 0 Å². The fraction of sp³-hybridized carbons (Fsp3) is 0.882. The molecule has 122 valence electrons. The Hall–Kier alpha value is -0.420. The van der Waals surface area contributed by atoms with Crippen LogP contribution in [0, 0.1) is 0 Å². The van der Waals surface area contributed by atoms with Gasteiger partial charge in [-0.2, -0.15) is 0 Å². The van der Waals surface area contributed by atoms with Crippen LogP contribution in [-0.4, -0.2) is 86.7 Å². The second-order valence-corrected chi connectivity index (χ2v) is 6.96. The molecule has 2 rings (SSSR count). The Morgan fingerprint density at radius 3 is 2.29 bits per heavy atom. The van der Waals surface area contributed by atoms with Crippen LogP contribution in [0.4, 0.5) is 0 Å². The Bertz CT molecular complexity index is 309. The molecule has 0 aromatic heterocycles. The predicted octanol–water partition coefficient (Wildman–Crippen LogP) is 1.25. The van der Waals surface area contributed by atoms with Crippen LogP contribution in [0.1, 0.15) is 26.7 Å². The molecule has 2 aliphatic heterocycles. The molecule has 2 aliphatic rings. The van der Waals surface area contributed by atoms with Gasteiger partial charge in [0.05, 0.1) is 0 Å². The molecule has 0 atom stereocenters. The maximum Gasteiger partial charge on any atom is 0.0165 e. The molecule has 2 saturated heterocycles. The molecule has 0 aromatic rings. The summed E-state index contributed by atoms with van der Waals surface area (Å²) in [5.74, 6) is 0. The van der Waals surface area contributed by atoms with Crippen molar-refractivity contribution in [2.45, 2.75) is 32.7 Å². The van der Waals surface area contributed by atoms with Gasteiger partial charge in [-0.15, -0.1) is 0 Å². The molecular formula is C17H34N4. The summed E-state index contributed by atoms with van der Waals surface area (Å²) in [6.45, 7) is 15.3. The van der Waals surface area contributed by atoms with E-state index in [1.165, 1.54) is 64.2 Å². The summed E-state index contributed by atoms with van der Waals surface area (Å²) >= 11 is 0. The lowest BCUT2D eigenvalue weighted by Gasteiger charge is -2.34. The van der Waals surface area contributed by atoms with E-state index in [9.17, 15) is 0 Å². The summed E-state index contributed by atoms with van der Waals surface area (Å²) in [6.07, 6.45) is 4.96. The van der Waals surface area contributed by atoms with E-state index in [0.29, 0.717) is 0 Å². The average molecular weight is 294 g/mol. The van der Waals surface area contributed by atoms with E-state index in [1.54, 1.807) is 0 Å². The number of piperidine rings is 1. The van der Waals surface area contributed by atoms with Crippen LogP contribution < -0.4 is 5.32 Å². The lowest BCUT2D eigenvalue weighted by atomic mass is 10.0. The molecule has 21 heavy (non-hydrogen) atoms. The lowest BCUT2D eigenvalue weighted by molar-refractivity contribution is 0.150. The minimum atomic E-state index is 0.736. The van der Waals surface area contributed by atoms with E-state index in [1.807, 2.05) is 0 Å². The first kappa shape index (κ1) is 16.9. The predicted molar refractivity (Wildman–Crippen MR) is 90.8 cm³/mol. The smallest absolute Gasteiger partial charge is 0.0165 e. The van der Waals surface area contributed by atoms with E-state index in [-0.39, 0.29) is 0 Å². The van der Waals surface area contributed by atoms with Gasteiger partial charge in [0.1, 0.15) is 0 Å². The summed E-state index contributed by atoms with van der Waals surface area (Å²) < 4.78 is 0. The van der Waals surface area contributed by atoms with Gasteiger partial charge in [0.2, 0.25) is 0 Å². The Kier molecular flexibility index (Phi) is 7.17. The van der Waals surface area contributed by atoms with Crippen LogP contribution in [0.25, 0.3) is 0 Å². The van der Waals surface area contributed by atoms with Crippen molar-refractivity contribution in [1.29, 1.82) is 0 Å². The third kappa shape index (κ3) is 6.47. The molecule has 0 amide bonds. The second kappa shape index (κ2) is 8.89.